The van der Waals surface area contributed by atoms with Gasteiger partial charge >= 0.3 is 0 Å². The van der Waals surface area contributed by atoms with Crippen LogP contribution in [0.25, 0.3) is 0 Å². The largest absolute Gasteiger partial charge is 0.494 e. The van der Waals surface area contributed by atoms with Crippen molar-refractivity contribution in [2.75, 3.05) is 17.9 Å². The topological polar surface area (TPSA) is 64.6 Å². The summed E-state index contributed by atoms with van der Waals surface area (Å²) < 4.78 is 38.7. The Labute approximate surface area is 149 Å². The van der Waals surface area contributed by atoms with Gasteiger partial charge in [0.1, 0.15) is 20.7 Å². The van der Waals surface area contributed by atoms with Gasteiger partial charge in [-0.15, -0.1) is 11.3 Å². The second kappa shape index (κ2) is 7.61. The van der Waals surface area contributed by atoms with E-state index in [2.05, 4.69) is 4.72 Å². The highest BCUT2D eigenvalue weighted by molar-refractivity contribution is 7.93. The molecular formula is C14H15Cl2NO4S2. The molecule has 1 heterocycles. The van der Waals surface area contributed by atoms with Crippen LogP contribution in [0.5, 0.6) is 11.5 Å². The molecule has 0 amide bonds. The van der Waals surface area contributed by atoms with E-state index in [-0.39, 0.29) is 14.9 Å². The summed E-state index contributed by atoms with van der Waals surface area (Å²) in [6.07, 6.45) is 0. The lowest BCUT2D eigenvalue weighted by Gasteiger charge is -2.14. The van der Waals surface area contributed by atoms with Crippen LogP contribution in [-0.2, 0) is 10.0 Å². The Bertz CT molecular complexity index is 790. The molecule has 0 aliphatic heterocycles. The summed E-state index contributed by atoms with van der Waals surface area (Å²) in [5.74, 6) is 0.931. The summed E-state index contributed by atoms with van der Waals surface area (Å²) in [7, 11) is -3.89. The number of thiophene rings is 1. The molecule has 0 bridgehead atoms. The van der Waals surface area contributed by atoms with Crippen LogP contribution in [0.2, 0.25) is 8.67 Å². The van der Waals surface area contributed by atoms with Gasteiger partial charge in [0.25, 0.3) is 10.0 Å². The average molecular weight is 396 g/mol. The fourth-order valence-corrected chi connectivity index (χ4v) is 5.05. The van der Waals surface area contributed by atoms with Crippen molar-refractivity contribution < 1.29 is 17.9 Å². The number of nitrogens with one attached hydrogen (secondary N) is 1. The number of sulfonamides is 1. The number of anilines is 1. The van der Waals surface area contributed by atoms with E-state index < -0.39 is 10.0 Å². The highest BCUT2D eigenvalue weighted by Crippen LogP contribution is 2.37. The Kier molecular flexibility index (Phi) is 6.02. The predicted molar refractivity (Wildman–Crippen MR) is 93.9 cm³/mol. The van der Waals surface area contributed by atoms with E-state index in [0.717, 1.165) is 11.3 Å². The van der Waals surface area contributed by atoms with E-state index >= 15 is 0 Å². The van der Waals surface area contributed by atoms with Gasteiger partial charge in [0.15, 0.2) is 0 Å². The number of hydrogen-bond donors (Lipinski definition) is 1. The van der Waals surface area contributed by atoms with E-state index in [1.54, 1.807) is 18.2 Å². The van der Waals surface area contributed by atoms with Crippen LogP contribution in [0.4, 0.5) is 5.69 Å². The molecule has 0 saturated heterocycles. The first kappa shape index (κ1) is 18.2. The van der Waals surface area contributed by atoms with E-state index in [9.17, 15) is 8.42 Å². The minimum Gasteiger partial charge on any atom is -0.494 e. The smallest absolute Gasteiger partial charge is 0.264 e. The fraction of sp³-hybridized carbons (Fsp3) is 0.286. The molecule has 0 aliphatic rings. The quantitative estimate of drug-likeness (QED) is 0.740. The standard InChI is InChI=1S/C14H15Cl2NO4S2/c1-3-20-9-5-6-11(21-4-2)10(7-9)17-23(18,19)12-8-13(15)22-14(12)16/h5-8,17H,3-4H2,1-2H3. The van der Waals surface area contributed by atoms with Gasteiger partial charge in [-0.1, -0.05) is 23.2 Å². The lowest BCUT2D eigenvalue weighted by molar-refractivity contribution is 0.332. The van der Waals surface area contributed by atoms with Crippen molar-refractivity contribution >= 4 is 50.2 Å². The Morgan fingerprint density at radius 1 is 1.13 bits per heavy atom. The summed E-state index contributed by atoms with van der Waals surface area (Å²) in [6.45, 7) is 4.51. The molecule has 1 aromatic heterocycles. The lowest BCUT2D eigenvalue weighted by atomic mass is 10.3. The van der Waals surface area contributed by atoms with Crippen molar-refractivity contribution in [3.05, 3.63) is 32.9 Å². The molecule has 0 aliphatic carbocycles. The van der Waals surface area contributed by atoms with Crippen LogP contribution < -0.4 is 14.2 Å². The Hall–Kier alpha value is -1.15. The van der Waals surface area contributed by atoms with Gasteiger partial charge in [0.05, 0.1) is 23.2 Å². The fourth-order valence-electron chi connectivity index (χ4n) is 1.83. The van der Waals surface area contributed by atoms with Gasteiger partial charge < -0.3 is 9.47 Å². The van der Waals surface area contributed by atoms with Crippen LogP contribution in [0.3, 0.4) is 0 Å². The van der Waals surface area contributed by atoms with Gasteiger partial charge in [0, 0.05) is 6.07 Å². The number of hydrogen-bond acceptors (Lipinski definition) is 5. The molecule has 23 heavy (non-hydrogen) atoms. The maximum atomic E-state index is 12.5. The summed E-state index contributed by atoms with van der Waals surface area (Å²) in [5.41, 5.74) is 0.274. The maximum Gasteiger partial charge on any atom is 0.264 e. The third-order valence-electron chi connectivity index (χ3n) is 2.72. The molecule has 0 spiro atoms. The minimum atomic E-state index is -3.89. The molecule has 0 atom stereocenters. The van der Waals surface area contributed by atoms with Crippen LogP contribution in [0, 0.1) is 0 Å². The highest BCUT2D eigenvalue weighted by atomic mass is 35.5. The highest BCUT2D eigenvalue weighted by Gasteiger charge is 2.23. The molecule has 2 aromatic rings. The lowest BCUT2D eigenvalue weighted by Crippen LogP contribution is -2.13. The van der Waals surface area contributed by atoms with Crippen molar-refractivity contribution in [1.82, 2.24) is 0 Å². The van der Waals surface area contributed by atoms with Gasteiger partial charge in [0.2, 0.25) is 0 Å². The van der Waals surface area contributed by atoms with Crippen molar-refractivity contribution in [1.29, 1.82) is 0 Å². The van der Waals surface area contributed by atoms with Gasteiger partial charge in [-0.2, -0.15) is 0 Å². The van der Waals surface area contributed by atoms with Gasteiger partial charge in [-0.05, 0) is 32.0 Å². The molecule has 1 N–H and O–H groups in total. The molecular weight excluding hydrogens is 381 g/mol. The van der Waals surface area contributed by atoms with E-state index in [0.29, 0.717) is 29.0 Å². The van der Waals surface area contributed by atoms with E-state index in [1.807, 2.05) is 13.8 Å². The number of ether oxygens (including phenoxy) is 2. The molecule has 0 saturated carbocycles. The zero-order valence-electron chi connectivity index (χ0n) is 12.4. The second-order valence-electron chi connectivity index (χ2n) is 4.32. The first-order valence-corrected chi connectivity index (χ1v) is 9.80. The molecule has 5 nitrogen and oxygen atoms in total. The normalized spacial score (nSPS) is 11.3. The zero-order valence-corrected chi connectivity index (χ0v) is 15.6. The number of halogens is 2. The van der Waals surface area contributed by atoms with Crippen molar-refractivity contribution in [2.24, 2.45) is 0 Å². The molecule has 1 aromatic carbocycles. The van der Waals surface area contributed by atoms with Crippen molar-refractivity contribution in [3.63, 3.8) is 0 Å². The molecule has 9 heteroatoms. The zero-order chi connectivity index (χ0) is 17.0. The molecule has 0 unspecified atom stereocenters. The van der Waals surface area contributed by atoms with Crippen molar-refractivity contribution in [2.45, 2.75) is 18.7 Å². The summed E-state index contributed by atoms with van der Waals surface area (Å²) in [5, 5.41) is 0. The number of benzene rings is 1. The first-order chi connectivity index (χ1) is 10.9. The summed E-state index contributed by atoms with van der Waals surface area (Å²) >= 11 is 12.7. The molecule has 0 radical (unpaired) electrons. The summed E-state index contributed by atoms with van der Waals surface area (Å²) in [4.78, 5) is -0.0709. The van der Waals surface area contributed by atoms with Crippen LogP contribution in [-0.4, -0.2) is 21.6 Å². The van der Waals surface area contributed by atoms with Gasteiger partial charge in [-0.3, -0.25) is 4.72 Å². The van der Waals surface area contributed by atoms with E-state index in [4.69, 9.17) is 32.7 Å². The van der Waals surface area contributed by atoms with Crippen molar-refractivity contribution in [3.8, 4) is 11.5 Å². The number of rotatable bonds is 7. The third kappa shape index (κ3) is 4.44. The van der Waals surface area contributed by atoms with Crippen LogP contribution in [0.1, 0.15) is 13.8 Å². The Balaban J connectivity index is 2.40. The SMILES string of the molecule is CCOc1ccc(OCC)c(NS(=O)(=O)c2cc(Cl)sc2Cl)c1. The Morgan fingerprint density at radius 2 is 1.83 bits per heavy atom. The molecule has 126 valence electrons. The molecule has 2 rings (SSSR count). The van der Waals surface area contributed by atoms with Crippen LogP contribution >= 0.6 is 34.5 Å². The molecule has 0 fully saturated rings. The maximum absolute atomic E-state index is 12.5. The Morgan fingerprint density at radius 3 is 2.39 bits per heavy atom. The average Bonchev–Trinajstić information content (AvgIpc) is 2.82. The predicted octanol–water partition coefficient (Wildman–Crippen LogP) is 4.65. The summed E-state index contributed by atoms with van der Waals surface area (Å²) in [6, 6.07) is 6.23. The first-order valence-electron chi connectivity index (χ1n) is 6.74. The van der Waals surface area contributed by atoms with E-state index in [1.165, 1.54) is 6.07 Å². The van der Waals surface area contributed by atoms with Gasteiger partial charge in [-0.25, -0.2) is 8.42 Å². The third-order valence-corrected chi connectivity index (χ3v) is 5.84. The minimum absolute atomic E-state index is 0.0709. The van der Waals surface area contributed by atoms with Crippen LogP contribution in [0.15, 0.2) is 29.2 Å². The second-order valence-corrected chi connectivity index (χ2v) is 8.25. The monoisotopic (exact) mass is 395 g/mol.